The van der Waals surface area contributed by atoms with Gasteiger partial charge in [-0.05, 0) is 42.5 Å². The topological polar surface area (TPSA) is 78.8 Å². The van der Waals surface area contributed by atoms with Gasteiger partial charge < -0.3 is 21.5 Å². The van der Waals surface area contributed by atoms with Crippen molar-refractivity contribution in [3.63, 3.8) is 0 Å². The summed E-state index contributed by atoms with van der Waals surface area (Å²) in [7, 11) is 0. The van der Waals surface area contributed by atoms with Crippen LogP contribution >= 0.6 is 11.8 Å². The highest BCUT2D eigenvalue weighted by molar-refractivity contribution is 7.99. The first-order valence-electron chi connectivity index (χ1n) is 8.17. The molecule has 1 fully saturated rings. The average Bonchev–Trinajstić information content (AvgIpc) is 2.60. The van der Waals surface area contributed by atoms with Crippen LogP contribution in [0, 0.1) is 0 Å². The number of aliphatic hydroxyl groups is 1. The number of aliphatic hydroxyl groups excluding tert-OH is 1. The highest BCUT2D eigenvalue weighted by Crippen LogP contribution is 2.32. The Morgan fingerprint density at radius 1 is 0.875 bits per heavy atom. The summed E-state index contributed by atoms with van der Waals surface area (Å²) in [6, 6.07) is 14.4. The van der Waals surface area contributed by atoms with Crippen molar-refractivity contribution in [2.45, 2.75) is 9.79 Å². The molecule has 6 heteroatoms. The van der Waals surface area contributed by atoms with E-state index >= 15 is 0 Å². The minimum absolute atomic E-state index is 0.238. The number of rotatable bonds is 5. The Balaban J connectivity index is 1.60. The molecule has 0 saturated carbocycles. The third-order valence-electron chi connectivity index (χ3n) is 4.28. The number of piperazine rings is 1. The maximum Gasteiger partial charge on any atom is 0.0559 e. The molecule has 1 aliphatic rings. The van der Waals surface area contributed by atoms with Crippen molar-refractivity contribution in [2.24, 2.45) is 0 Å². The summed E-state index contributed by atoms with van der Waals surface area (Å²) in [6.07, 6.45) is 0. The van der Waals surface area contributed by atoms with Gasteiger partial charge in [0, 0.05) is 48.2 Å². The number of nitrogen functional groups attached to an aromatic ring is 2. The van der Waals surface area contributed by atoms with Gasteiger partial charge in [0.1, 0.15) is 0 Å². The van der Waals surface area contributed by atoms with E-state index < -0.39 is 0 Å². The quantitative estimate of drug-likeness (QED) is 0.721. The lowest BCUT2D eigenvalue weighted by atomic mass is 10.2. The van der Waals surface area contributed by atoms with Gasteiger partial charge in [0.2, 0.25) is 0 Å². The zero-order valence-corrected chi connectivity index (χ0v) is 14.5. The van der Waals surface area contributed by atoms with E-state index in [2.05, 4.69) is 34.1 Å². The van der Waals surface area contributed by atoms with Gasteiger partial charge in [0.15, 0.2) is 0 Å². The third kappa shape index (κ3) is 4.14. The van der Waals surface area contributed by atoms with Crippen molar-refractivity contribution in [1.82, 2.24) is 4.90 Å². The van der Waals surface area contributed by atoms with E-state index in [9.17, 15) is 0 Å². The van der Waals surface area contributed by atoms with Gasteiger partial charge in [0.25, 0.3) is 0 Å². The van der Waals surface area contributed by atoms with Crippen LogP contribution in [0.4, 0.5) is 17.1 Å². The Kier molecular flexibility index (Phi) is 5.50. The Labute approximate surface area is 147 Å². The SMILES string of the molecule is Nc1ccc(Sc2ccc(N3CCN(CCO)CC3)cc2)cc1N. The second-order valence-corrected chi connectivity index (χ2v) is 7.09. The van der Waals surface area contributed by atoms with Crippen molar-refractivity contribution in [3.05, 3.63) is 42.5 Å². The fourth-order valence-electron chi connectivity index (χ4n) is 2.85. The lowest BCUT2D eigenvalue weighted by Gasteiger charge is -2.35. The zero-order chi connectivity index (χ0) is 16.9. The molecule has 3 rings (SSSR count). The summed E-state index contributed by atoms with van der Waals surface area (Å²) >= 11 is 1.68. The van der Waals surface area contributed by atoms with Gasteiger partial charge in [-0.25, -0.2) is 0 Å². The first-order chi connectivity index (χ1) is 11.7. The monoisotopic (exact) mass is 344 g/mol. The molecule has 0 spiro atoms. The predicted octanol–water partition coefficient (Wildman–Crippen LogP) is 2.12. The van der Waals surface area contributed by atoms with Crippen molar-refractivity contribution in [2.75, 3.05) is 55.7 Å². The second kappa shape index (κ2) is 7.79. The molecule has 24 heavy (non-hydrogen) atoms. The minimum atomic E-state index is 0.238. The van der Waals surface area contributed by atoms with Crippen LogP contribution in [0.2, 0.25) is 0 Å². The Morgan fingerprint density at radius 3 is 2.17 bits per heavy atom. The van der Waals surface area contributed by atoms with Crippen LogP contribution in [0.1, 0.15) is 0 Å². The molecule has 1 aliphatic heterocycles. The molecular formula is C18H24N4OS. The Bertz CT molecular complexity index is 669. The minimum Gasteiger partial charge on any atom is -0.397 e. The summed E-state index contributed by atoms with van der Waals surface area (Å²) in [5, 5.41) is 9.01. The van der Waals surface area contributed by atoms with Gasteiger partial charge in [-0.15, -0.1) is 0 Å². The predicted molar refractivity (Wildman–Crippen MR) is 102 cm³/mol. The van der Waals surface area contributed by atoms with E-state index in [0.717, 1.165) is 37.6 Å². The number of hydrogen-bond donors (Lipinski definition) is 3. The van der Waals surface area contributed by atoms with Gasteiger partial charge >= 0.3 is 0 Å². The van der Waals surface area contributed by atoms with Crippen molar-refractivity contribution < 1.29 is 5.11 Å². The van der Waals surface area contributed by atoms with Crippen LogP contribution in [0.3, 0.4) is 0 Å². The maximum absolute atomic E-state index is 9.01. The van der Waals surface area contributed by atoms with Crippen LogP contribution in [0.15, 0.2) is 52.3 Å². The number of nitrogens with two attached hydrogens (primary N) is 2. The fraction of sp³-hybridized carbons (Fsp3) is 0.333. The summed E-state index contributed by atoms with van der Waals surface area (Å²) in [5.74, 6) is 0. The van der Waals surface area contributed by atoms with Crippen molar-refractivity contribution in [3.8, 4) is 0 Å². The van der Waals surface area contributed by atoms with Crippen LogP contribution in [0.25, 0.3) is 0 Å². The molecule has 1 heterocycles. The Morgan fingerprint density at radius 2 is 1.54 bits per heavy atom. The average molecular weight is 344 g/mol. The second-order valence-electron chi connectivity index (χ2n) is 5.94. The lowest BCUT2D eigenvalue weighted by molar-refractivity contribution is 0.189. The molecule has 5 nitrogen and oxygen atoms in total. The number of benzene rings is 2. The van der Waals surface area contributed by atoms with Gasteiger partial charge in [-0.3, -0.25) is 4.90 Å². The van der Waals surface area contributed by atoms with E-state index in [1.807, 2.05) is 18.2 Å². The molecule has 0 bridgehead atoms. The van der Waals surface area contributed by atoms with E-state index in [-0.39, 0.29) is 6.61 Å². The Hall–Kier alpha value is -1.89. The number of nitrogens with zero attached hydrogens (tertiary/aromatic N) is 2. The molecule has 0 aromatic heterocycles. The van der Waals surface area contributed by atoms with Crippen molar-refractivity contribution >= 4 is 28.8 Å². The smallest absolute Gasteiger partial charge is 0.0559 e. The van der Waals surface area contributed by atoms with Crippen LogP contribution in [-0.4, -0.2) is 49.3 Å². The lowest BCUT2D eigenvalue weighted by Crippen LogP contribution is -2.47. The molecule has 0 amide bonds. The van der Waals surface area contributed by atoms with Crippen LogP contribution in [-0.2, 0) is 0 Å². The highest BCUT2D eigenvalue weighted by Gasteiger charge is 2.16. The van der Waals surface area contributed by atoms with E-state index in [1.54, 1.807) is 11.8 Å². The maximum atomic E-state index is 9.01. The third-order valence-corrected chi connectivity index (χ3v) is 5.28. The molecule has 2 aromatic carbocycles. The summed E-state index contributed by atoms with van der Waals surface area (Å²) < 4.78 is 0. The first-order valence-corrected chi connectivity index (χ1v) is 8.98. The number of β-amino-alcohol motifs (C(OH)–C–C–N with tert-alkyl or cyclic N) is 1. The summed E-state index contributed by atoms with van der Waals surface area (Å²) in [5.41, 5.74) is 14.1. The summed E-state index contributed by atoms with van der Waals surface area (Å²) in [6.45, 7) is 5.02. The fourth-order valence-corrected chi connectivity index (χ4v) is 3.71. The van der Waals surface area contributed by atoms with Crippen LogP contribution in [0.5, 0.6) is 0 Å². The highest BCUT2D eigenvalue weighted by atomic mass is 32.2. The largest absolute Gasteiger partial charge is 0.397 e. The van der Waals surface area contributed by atoms with E-state index in [4.69, 9.17) is 16.6 Å². The molecule has 0 radical (unpaired) electrons. The molecule has 0 atom stereocenters. The first kappa shape index (κ1) is 17.0. The number of anilines is 3. The van der Waals surface area contributed by atoms with E-state index in [0.29, 0.717) is 11.4 Å². The van der Waals surface area contributed by atoms with Gasteiger partial charge in [0.05, 0.1) is 18.0 Å². The zero-order valence-electron chi connectivity index (χ0n) is 13.7. The molecule has 0 aliphatic carbocycles. The molecule has 128 valence electrons. The summed E-state index contributed by atoms with van der Waals surface area (Å²) in [4.78, 5) is 6.96. The van der Waals surface area contributed by atoms with Crippen LogP contribution < -0.4 is 16.4 Å². The van der Waals surface area contributed by atoms with E-state index in [1.165, 1.54) is 10.6 Å². The molecule has 2 aromatic rings. The normalized spacial score (nSPS) is 15.6. The molecule has 5 N–H and O–H groups in total. The van der Waals surface area contributed by atoms with Crippen molar-refractivity contribution in [1.29, 1.82) is 0 Å². The molecule has 0 unspecified atom stereocenters. The molecular weight excluding hydrogens is 320 g/mol. The molecule has 1 saturated heterocycles. The number of hydrogen-bond acceptors (Lipinski definition) is 6. The standard InChI is InChI=1S/C18H24N4OS/c19-17-6-5-16(13-18(17)20)24-15-3-1-14(2-4-15)22-9-7-21(8-10-22)11-12-23/h1-6,13,23H,7-12,19-20H2. The van der Waals surface area contributed by atoms with Gasteiger partial charge in [-0.1, -0.05) is 11.8 Å². The van der Waals surface area contributed by atoms with Gasteiger partial charge in [-0.2, -0.15) is 0 Å².